The summed E-state index contributed by atoms with van der Waals surface area (Å²) in [6.07, 6.45) is 8.33. The van der Waals surface area contributed by atoms with Crippen LogP contribution in [0.3, 0.4) is 0 Å². The Morgan fingerprint density at radius 3 is 2.93 bits per heavy atom. The van der Waals surface area contributed by atoms with Crippen LogP contribution in [0.5, 0.6) is 6.01 Å². The highest BCUT2D eigenvalue weighted by atomic mass is 16.5. The Morgan fingerprint density at radius 2 is 2.20 bits per heavy atom. The molecule has 1 fully saturated rings. The highest BCUT2D eigenvalue weighted by Gasteiger charge is 2.12. The van der Waals surface area contributed by atoms with E-state index in [1.54, 1.807) is 18.5 Å². The third-order valence-corrected chi connectivity index (χ3v) is 2.65. The predicted molar refractivity (Wildman–Crippen MR) is 57.8 cm³/mol. The van der Waals surface area contributed by atoms with Crippen molar-refractivity contribution in [2.45, 2.75) is 31.7 Å². The van der Waals surface area contributed by atoms with Gasteiger partial charge in [-0.15, -0.1) is 0 Å². The Bertz CT molecular complexity index is 272. The number of aromatic nitrogens is 2. The first-order valence-electron chi connectivity index (χ1n) is 5.58. The summed E-state index contributed by atoms with van der Waals surface area (Å²) in [6.45, 7) is 1.84. The molecule has 0 aliphatic carbocycles. The Morgan fingerprint density at radius 1 is 1.33 bits per heavy atom. The van der Waals surface area contributed by atoms with Crippen molar-refractivity contribution in [2.75, 3.05) is 13.2 Å². The number of ether oxygens (including phenoxy) is 1. The lowest BCUT2D eigenvalue weighted by atomic mass is 10.0. The highest BCUT2D eigenvalue weighted by Crippen LogP contribution is 2.10. The van der Waals surface area contributed by atoms with Crippen LogP contribution >= 0.6 is 0 Å². The number of rotatable bonds is 4. The molecule has 0 saturated carbocycles. The van der Waals surface area contributed by atoms with Crippen molar-refractivity contribution in [1.82, 2.24) is 15.3 Å². The van der Waals surface area contributed by atoms with Gasteiger partial charge in [0.1, 0.15) is 0 Å². The van der Waals surface area contributed by atoms with Crippen LogP contribution in [0.25, 0.3) is 0 Å². The van der Waals surface area contributed by atoms with Crippen LogP contribution in [0.2, 0.25) is 0 Å². The molecule has 1 aliphatic heterocycles. The molecule has 2 rings (SSSR count). The van der Waals surface area contributed by atoms with Crippen molar-refractivity contribution in [3.8, 4) is 6.01 Å². The maximum absolute atomic E-state index is 5.45. The molecule has 1 aromatic rings. The van der Waals surface area contributed by atoms with Gasteiger partial charge in [0, 0.05) is 18.4 Å². The van der Waals surface area contributed by atoms with Crippen LogP contribution < -0.4 is 10.1 Å². The molecule has 15 heavy (non-hydrogen) atoms. The molecule has 1 unspecified atom stereocenters. The minimum atomic E-state index is 0.480. The highest BCUT2D eigenvalue weighted by molar-refractivity contribution is 4.93. The second kappa shape index (κ2) is 5.66. The fourth-order valence-corrected chi connectivity index (χ4v) is 1.82. The van der Waals surface area contributed by atoms with Crippen molar-refractivity contribution in [3.05, 3.63) is 18.5 Å². The zero-order valence-corrected chi connectivity index (χ0v) is 8.85. The Balaban J connectivity index is 1.66. The van der Waals surface area contributed by atoms with E-state index in [1.165, 1.54) is 19.3 Å². The van der Waals surface area contributed by atoms with E-state index in [1.807, 2.05) is 0 Å². The second-order valence-electron chi connectivity index (χ2n) is 3.82. The average Bonchev–Trinajstić information content (AvgIpc) is 2.32. The van der Waals surface area contributed by atoms with E-state index in [0.717, 1.165) is 13.0 Å². The summed E-state index contributed by atoms with van der Waals surface area (Å²) >= 11 is 0. The summed E-state index contributed by atoms with van der Waals surface area (Å²) in [4.78, 5) is 8.02. The summed E-state index contributed by atoms with van der Waals surface area (Å²) in [7, 11) is 0. The van der Waals surface area contributed by atoms with Gasteiger partial charge in [0.25, 0.3) is 0 Å². The van der Waals surface area contributed by atoms with Crippen molar-refractivity contribution in [1.29, 1.82) is 0 Å². The molecule has 1 saturated heterocycles. The molecule has 0 aromatic carbocycles. The van der Waals surface area contributed by atoms with Gasteiger partial charge >= 0.3 is 6.01 Å². The molecule has 1 aromatic heterocycles. The standard InChI is InChI=1S/C11H17N3O/c1-2-6-12-10(4-1)5-9-15-11-13-7-3-8-14-11/h3,7-8,10,12H,1-2,4-6,9H2. The number of hydrogen-bond acceptors (Lipinski definition) is 4. The van der Waals surface area contributed by atoms with E-state index >= 15 is 0 Å². The molecular weight excluding hydrogens is 190 g/mol. The molecule has 2 heterocycles. The summed E-state index contributed by atoms with van der Waals surface area (Å²) in [5.41, 5.74) is 0. The Hall–Kier alpha value is -1.16. The molecule has 0 amide bonds. The lowest BCUT2D eigenvalue weighted by Crippen LogP contribution is -2.35. The lowest BCUT2D eigenvalue weighted by molar-refractivity contribution is 0.252. The lowest BCUT2D eigenvalue weighted by Gasteiger charge is -2.22. The first-order chi connectivity index (χ1) is 7.45. The normalized spacial score (nSPS) is 21.2. The number of piperidine rings is 1. The quantitative estimate of drug-likeness (QED) is 0.810. The monoisotopic (exact) mass is 207 g/mol. The summed E-state index contributed by atoms with van der Waals surface area (Å²) in [6, 6.07) is 2.88. The molecule has 0 bridgehead atoms. The Labute approximate surface area is 90.1 Å². The Kier molecular flexibility index (Phi) is 3.91. The van der Waals surface area contributed by atoms with Gasteiger partial charge in [-0.1, -0.05) is 6.42 Å². The van der Waals surface area contributed by atoms with Crippen molar-refractivity contribution in [2.24, 2.45) is 0 Å². The molecule has 1 aliphatic rings. The van der Waals surface area contributed by atoms with Crippen molar-refractivity contribution >= 4 is 0 Å². The first kappa shape index (κ1) is 10.4. The SMILES string of the molecule is c1cnc(OCCC2CCCCN2)nc1. The van der Waals surface area contributed by atoms with Crippen LogP contribution in [0.1, 0.15) is 25.7 Å². The fourth-order valence-electron chi connectivity index (χ4n) is 1.82. The minimum absolute atomic E-state index is 0.480. The number of hydrogen-bond donors (Lipinski definition) is 1. The van der Waals surface area contributed by atoms with Gasteiger partial charge in [0.15, 0.2) is 0 Å². The van der Waals surface area contributed by atoms with Gasteiger partial charge in [-0.05, 0) is 31.9 Å². The summed E-state index contributed by atoms with van der Waals surface area (Å²) in [5, 5.41) is 3.48. The van der Waals surface area contributed by atoms with E-state index in [0.29, 0.717) is 18.7 Å². The molecular formula is C11H17N3O. The van der Waals surface area contributed by atoms with E-state index in [2.05, 4.69) is 15.3 Å². The van der Waals surface area contributed by atoms with Gasteiger partial charge in [-0.25, -0.2) is 9.97 Å². The van der Waals surface area contributed by atoms with Gasteiger partial charge in [-0.3, -0.25) is 0 Å². The predicted octanol–water partition coefficient (Wildman–Crippen LogP) is 1.39. The minimum Gasteiger partial charge on any atom is -0.463 e. The zero-order valence-electron chi connectivity index (χ0n) is 8.85. The van der Waals surface area contributed by atoms with Crippen LogP contribution in [-0.2, 0) is 0 Å². The van der Waals surface area contributed by atoms with Crippen LogP contribution in [0, 0.1) is 0 Å². The largest absolute Gasteiger partial charge is 0.463 e. The van der Waals surface area contributed by atoms with E-state index in [-0.39, 0.29) is 0 Å². The van der Waals surface area contributed by atoms with Gasteiger partial charge < -0.3 is 10.1 Å². The van der Waals surface area contributed by atoms with Crippen LogP contribution in [0.4, 0.5) is 0 Å². The van der Waals surface area contributed by atoms with Crippen molar-refractivity contribution in [3.63, 3.8) is 0 Å². The maximum Gasteiger partial charge on any atom is 0.316 e. The van der Waals surface area contributed by atoms with E-state index in [4.69, 9.17) is 4.74 Å². The first-order valence-corrected chi connectivity index (χ1v) is 5.58. The number of nitrogens with zero attached hydrogens (tertiary/aromatic N) is 2. The molecule has 82 valence electrons. The third-order valence-electron chi connectivity index (χ3n) is 2.65. The fraction of sp³-hybridized carbons (Fsp3) is 0.636. The van der Waals surface area contributed by atoms with E-state index in [9.17, 15) is 0 Å². The van der Waals surface area contributed by atoms with Gasteiger partial charge in [0.2, 0.25) is 0 Å². The topological polar surface area (TPSA) is 47.0 Å². The molecule has 0 radical (unpaired) electrons. The molecule has 0 spiro atoms. The van der Waals surface area contributed by atoms with Gasteiger partial charge in [0.05, 0.1) is 6.61 Å². The summed E-state index contributed by atoms with van der Waals surface area (Å²) < 4.78 is 5.45. The molecule has 4 heteroatoms. The van der Waals surface area contributed by atoms with Crippen LogP contribution in [-0.4, -0.2) is 29.2 Å². The smallest absolute Gasteiger partial charge is 0.316 e. The number of nitrogens with one attached hydrogen (secondary N) is 1. The average molecular weight is 207 g/mol. The van der Waals surface area contributed by atoms with E-state index < -0.39 is 0 Å². The van der Waals surface area contributed by atoms with Gasteiger partial charge in [-0.2, -0.15) is 0 Å². The molecule has 1 N–H and O–H groups in total. The summed E-state index contributed by atoms with van der Waals surface area (Å²) in [5.74, 6) is 0. The third kappa shape index (κ3) is 3.47. The zero-order chi connectivity index (χ0) is 10.3. The molecule has 1 atom stereocenters. The van der Waals surface area contributed by atoms with Crippen LogP contribution in [0.15, 0.2) is 18.5 Å². The maximum atomic E-state index is 5.45. The molecule has 4 nitrogen and oxygen atoms in total. The second-order valence-corrected chi connectivity index (χ2v) is 3.82. The van der Waals surface area contributed by atoms with Crippen molar-refractivity contribution < 1.29 is 4.74 Å².